The lowest BCUT2D eigenvalue weighted by Crippen LogP contribution is -2.53. The number of amides is 1. The van der Waals surface area contributed by atoms with Gasteiger partial charge in [-0.3, -0.25) is 14.6 Å². The van der Waals surface area contributed by atoms with E-state index in [2.05, 4.69) is 9.80 Å². The Bertz CT molecular complexity index is 820. The van der Waals surface area contributed by atoms with Crippen molar-refractivity contribution in [2.45, 2.75) is 37.9 Å². The number of sulfone groups is 1. The van der Waals surface area contributed by atoms with Crippen molar-refractivity contribution in [3.05, 3.63) is 35.6 Å². The molecule has 6 nitrogen and oxygen atoms in total. The van der Waals surface area contributed by atoms with E-state index in [9.17, 15) is 17.6 Å². The third-order valence-electron chi connectivity index (χ3n) is 6.10. The second-order valence-corrected chi connectivity index (χ2v) is 10.4. The molecule has 1 atom stereocenters. The normalized spacial score (nSPS) is 25.7. The minimum atomic E-state index is -2.87. The van der Waals surface area contributed by atoms with Gasteiger partial charge in [0.15, 0.2) is 9.84 Å². The van der Waals surface area contributed by atoms with Crippen LogP contribution in [0.2, 0.25) is 0 Å². The maximum absolute atomic E-state index is 14.0. The van der Waals surface area contributed by atoms with Gasteiger partial charge in [0, 0.05) is 50.4 Å². The highest BCUT2D eigenvalue weighted by Gasteiger charge is 2.36. The molecular weight excluding hydrogens is 381 g/mol. The molecule has 4 rings (SSSR count). The highest BCUT2D eigenvalue weighted by atomic mass is 32.2. The van der Waals surface area contributed by atoms with Gasteiger partial charge in [-0.05, 0) is 25.3 Å². The highest BCUT2D eigenvalue weighted by molar-refractivity contribution is 7.91. The molecule has 1 aliphatic carbocycles. The van der Waals surface area contributed by atoms with Crippen LogP contribution >= 0.6 is 0 Å². The minimum absolute atomic E-state index is 0.0580. The van der Waals surface area contributed by atoms with Crippen LogP contribution in [0, 0.1) is 5.82 Å². The van der Waals surface area contributed by atoms with Crippen LogP contribution in [-0.4, -0.2) is 85.3 Å². The summed E-state index contributed by atoms with van der Waals surface area (Å²) in [5.41, 5.74) is 0.565. The number of carbonyl (C=O) groups is 1. The van der Waals surface area contributed by atoms with Crippen LogP contribution in [0.1, 0.15) is 24.8 Å². The average molecular weight is 410 g/mol. The van der Waals surface area contributed by atoms with Crippen LogP contribution in [0.15, 0.2) is 24.3 Å². The Morgan fingerprint density at radius 2 is 1.82 bits per heavy atom. The van der Waals surface area contributed by atoms with Crippen LogP contribution in [0.5, 0.6) is 0 Å². The molecule has 1 aromatic rings. The predicted molar refractivity (Wildman–Crippen MR) is 105 cm³/mol. The Balaban J connectivity index is 1.30. The molecule has 1 amide bonds. The van der Waals surface area contributed by atoms with Crippen molar-refractivity contribution in [1.29, 1.82) is 0 Å². The zero-order chi connectivity index (χ0) is 19.7. The van der Waals surface area contributed by atoms with Crippen molar-refractivity contribution in [3.63, 3.8) is 0 Å². The molecule has 0 unspecified atom stereocenters. The maximum Gasteiger partial charge on any atom is 0.237 e. The summed E-state index contributed by atoms with van der Waals surface area (Å²) in [4.78, 5) is 19.1. The van der Waals surface area contributed by atoms with E-state index < -0.39 is 9.84 Å². The molecule has 28 heavy (non-hydrogen) atoms. The summed E-state index contributed by atoms with van der Waals surface area (Å²) in [6, 6.07) is 7.01. The van der Waals surface area contributed by atoms with Gasteiger partial charge in [-0.1, -0.05) is 18.2 Å². The van der Waals surface area contributed by atoms with Crippen molar-refractivity contribution in [2.75, 3.05) is 44.2 Å². The van der Waals surface area contributed by atoms with E-state index >= 15 is 0 Å². The van der Waals surface area contributed by atoms with Gasteiger partial charge in [-0.2, -0.15) is 0 Å². The third kappa shape index (κ3) is 4.72. The van der Waals surface area contributed by atoms with Crippen molar-refractivity contribution >= 4 is 15.7 Å². The van der Waals surface area contributed by atoms with Gasteiger partial charge in [0.05, 0.1) is 18.1 Å². The van der Waals surface area contributed by atoms with E-state index in [0.29, 0.717) is 24.4 Å². The van der Waals surface area contributed by atoms with E-state index in [1.54, 1.807) is 18.2 Å². The number of hydrogen-bond donors (Lipinski definition) is 0. The first-order chi connectivity index (χ1) is 13.4. The molecule has 2 heterocycles. The molecule has 0 radical (unpaired) electrons. The van der Waals surface area contributed by atoms with E-state index in [1.165, 1.54) is 6.07 Å². The summed E-state index contributed by atoms with van der Waals surface area (Å²) < 4.78 is 37.4. The average Bonchev–Trinajstić information content (AvgIpc) is 3.44. The molecule has 0 N–H and O–H groups in total. The quantitative estimate of drug-likeness (QED) is 0.705. The fraction of sp³-hybridized carbons (Fsp3) is 0.650. The van der Waals surface area contributed by atoms with Crippen molar-refractivity contribution in [1.82, 2.24) is 14.7 Å². The summed E-state index contributed by atoms with van der Waals surface area (Å²) in [7, 11) is -2.87. The predicted octanol–water partition coefficient (Wildman–Crippen LogP) is 1.12. The first-order valence-electron chi connectivity index (χ1n) is 10.1. The largest absolute Gasteiger partial charge is 0.334 e. The van der Waals surface area contributed by atoms with Gasteiger partial charge in [0.1, 0.15) is 5.82 Å². The van der Waals surface area contributed by atoms with E-state index in [1.807, 2.05) is 4.90 Å². The molecule has 3 fully saturated rings. The first kappa shape index (κ1) is 19.8. The van der Waals surface area contributed by atoms with Gasteiger partial charge >= 0.3 is 0 Å². The third-order valence-corrected chi connectivity index (χ3v) is 7.85. The van der Waals surface area contributed by atoms with Gasteiger partial charge < -0.3 is 4.90 Å². The monoisotopic (exact) mass is 409 g/mol. The van der Waals surface area contributed by atoms with E-state index in [-0.39, 0.29) is 29.6 Å². The molecule has 2 aliphatic heterocycles. The van der Waals surface area contributed by atoms with Crippen molar-refractivity contribution in [2.24, 2.45) is 0 Å². The smallest absolute Gasteiger partial charge is 0.237 e. The molecule has 0 spiro atoms. The van der Waals surface area contributed by atoms with E-state index in [0.717, 1.165) is 45.4 Å². The lowest BCUT2D eigenvalue weighted by Gasteiger charge is -2.38. The summed E-state index contributed by atoms with van der Waals surface area (Å²) >= 11 is 0. The zero-order valence-corrected chi connectivity index (χ0v) is 16.9. The fourth-order valence-electron chi connectivity index (χ4n) is 4.25. The zero-order valence-electron chi connectivity index (χ0n) is 16.1. The Labute approximate surface area is 166 Å². The number of nitrogens with zero attached hydrogens (tertiary/aromatic N) is 3. The van der Waals surface area contributed by atoms with Crippen LogP contribution in [0.25, 0.3) is 0 Å². The minimum Gasteiger partial charge on any atom is -0.334 e. The summed E-state index contributed by atoms with van der Waals surface area (Å²) in [5.74, 6) is 0.357. The van der Waals surface area contributed by atoms with Crippen LogP contribution in [0.3, 0.4) is 0 Å². The standard InChI is InChI=1S/C20H28FN3O3S/c21-19-4-2-1-3-16(19)13-24(17-5-6-17)20(25)14-22-8-10-23(11-9-22)18-7-12-28(26,27)15-18/h1-4,17-18H,5-15H2/t18-/m1/s1. The second-order valence-electron chi connectivity index (χ2n) is 8.21. The molecule has 8 heteroatoms. The van der Waals surface area contributed by atoms with Gasteiger partial charge in [0.25, 0.3) is 0 Å². The number of carbonyl (C=O) groups excluding carboxylic acids is 1. The Morgan fingerprint density at radius 3 is 2.43 bits per heavy atom. The summed E-state index contributed by atoms with van der Waals surface area (Å²) in [6.07, 6.45) is 2.70. The van der Waals surface area contributed by atoms with Gasteiger partial charge in [-0.15, -0.1) is 0 Å². The number of benzene rings is 1. The number of rotatable bonds is 6. The number of piperazine rings is 1. The number of halogens is 1. The van der Waals surface area contributed by atoms with Crippen molar-refractivity contribution < 1.29 is 17.6 Å². The maximum atomic E-state index is 14.0. The SMILES string of the molecule is O=C(CN1CCN([C@@H]2CCS(=O)(=O)C2)CC1)N(Cc1ccccc1F)C1CC1. The Morgan fingerprint density at radius 1 is 1.11 bits per heavy atom. The molecule has 0 aromatic heterocycles. The molecule has 154 valence electrons. The Hall–Kier alpha value is -1.51. The molecule has 1 saturated carbocycles. The molecule has 1 aromatic carbocycles. The molecular formula is C20H28FN3O3S. The van der Waals surface area contributed by atoms with Crippen molar-refractivity contribution in [3.8, 4) is 0 Å². The second kappa shape index (κ2) is 8.08. The highest BCUT2D eigenvalue weighted by Crippen LogP contribution is 2.29. The summed E-state index contributed by atoms with van der Waals surface area (Å²) in [6.45, 7) is 3.80. The molecule has 3 aliphatic rings. The Kier molecular flexibility index (Phi) is 5.71. The summed E-state index contributed by atoms with van der Waals surface area (Å²) in [5, 5.41) is 0. The lowest BCUT2D eigenvalue weighted by atomic mass is 10.2. The lowest BCUT2D eigenvalue weighted by molar-refractivity contribution is -0.134. The topological polar surface area (TPSA) is 60.9 Å². The molecule has 2 saturated heterocycles. The van der Waals surface area contributed by atoms with Crippen LogP contribution < -0.4 is 0 Å². The van der Waals surface area contributed by atoms with Gasteiger partial charge in [0.2, 0.25) is 5.91 Å². The number of hydrogen-bond acceptors (Lipinski definition) is 5. The van der Waals surface area contributed by atoms with Crippen LogP contribution in [0.4, 0.5) is 4.39 Å². The first-order valence-corrected chi connectivity index (χ1v) is 11.9. The fourth-order valence-corrected chi connectivity index (χ4v) is 6.01. The molecule has 0 bridgehead atoms. The van der Waals surface area contributed by atoms with Crippen LogP contribution in [-0.2, 0) is 21.2 Å². The van der Waals surface area contributed by atoms with Gasteiger partial charge in [-0.25, -0.2) is 12.8 Å². The van der Waals surface area contributed by atoms with E-state index in [4.69, 9.17) is 0 Å².